The van der Waals surface area contributed by atoms with E-state index in [2.05, 4.69) is 16.0 Å². The lowest BCUT2D eigenvalue weighted by Crippen LogP contribution is -2.42. The van der Waals surface area contributed by atoms with Crippen LogP contribution < -0.4 is 16.4 Å². The normalized spacial score (nSPS) is 10.7. The van der Waals surface area contributed by atoms with Crippen LogP contribution in [0.15, 0.2) is 65.5 Å². The summed E-state index contributed by atoms with van der Waals surface area (Å²) in [4.78, 5) is 38.6. The van der Waals surface area contributed by atoms with Crippen molar-refractivity contribution in [1.82, 2.24) is 20.6 Å². The van der Waals surface area contributed by atoms with Gasteiger partial charge in [0.05, 0.1) is 10.3 Å². The van der Waals surface area contributed by atoms with E-state index in [0.29, 0.717) is 20.7 Å². The van der Waals surface area contributed by atoms with Gasteiger partial charge in [-0.1, -0.05) is 41.9 Å². The molecule has 0 saturated carbocycles. The smallest absolute Gasteiger partial charge is 0.267 e. The van der Waals surface area contributed by atoms with Gasteiger partial charge in [0.15, 0.2) is 5.69 Å². The van der Waals surface area contributed by atoms with Crippen molar-refractivity contribution in [1.29, 1.82) is 0 Å². The van der Waals surface area contributed by atoms with E-state index in [1.807, 2.05) is 18.2 Å². The minimum atomic E-state index is -0.621. The van der Waals surface area contributed by atoms with E-state index >= 15 is 0 Å². The monoisotopic (exact) mass is 438 g/mol. The highest BCUT2D eigenvalue weighted by molar-refractivity contribution is 7.17. The number of hydrogen-bond donors (Lipinski definition) is 2. The van der Waals surface area contributed by atoms with Gasteiger partial charge in [-0.05, 0) is 35.9 Å². The second kappa shape index (κ2) is 8.10. The van der Waals surface area contributed by atoms with Gasteiger partial charge < -0.3 is 0 Å². The minimum absolute atomic E-state index is 0.0426. The summed E-state index contributed by atoms with van der Waals surface area (Å²) >= 11 is 7.19. The fraction of sp³-hybridized carbons (Fsp3) is 0.0476. The van der Waals surface area contributed by atoms with E-state index in [1.54, 1.807) is 42.5 Å². The molecule has 9 heteroatoms. The molecule has 2 N–H and O–H groups in total. The second-order valence-electron chi connectivity index (χ2n) is 6.40. The largest absolute Gasteiger partial charge is 0.290 e. The van der Waals surface area contributed by atoms with Crippen LogP contribution in [-0.4, -0.2) is 21.6 Å². The summed E-state index contributed by atoms with van der Waals surface area (Å²) in [7, 11) is 1.47. The van der Waals surface area contributed by atoms with Crippen LogP contribution in [-0.2, 0) is 7.05 Å². The van der Waals surface area contributed by atoms with Crippen molar-refractivity contribution >= 4 is 45.5 Å². The molecule has 0 fully saturated rings. The van der Waals surface area contributed by atoms with Crippen LogP contribution in [0.4, 0.5) is 0 Å². The van der Waals surface area contributed by atoms with Gasteiger partial charge in [0.2, 0.25) is 0 Å². The van der Waals surface area contributed by atoms with E-state index in [1.165, 1.54) is 18.4 Å². The van der Waals surface area contributed by atoms with Crippen molar-refractivity contribution in [3.8, 4) is 10.4 Å². The lowest BCUT2D eigenvalue weighted by Gasteiger charge is -2.09. The summed E-state index contributed by atoms with van der Waals surface area (Å²) in [5, 5.41) is 5.45. The highest BCUT2D eigenvalue weighted by Crippen LogP contribution is 2.28. The van der Waals surface area contributed by atoms with E-state index in [0.717, 1.165) is 15.1 Å². The quantitative estimate of drug-likeness (QED) is 0.479. The molecule has 0 unspecified atom stereocenters. The number of nitrogens with zero attached hydrogens (tertiary/aromatic N) is 2. The molecule has 0 aliphatic heterocycles. The van der Waals surface area contributed by atoms with Crippen LogP contribution in [0.3, 0.4) is 0 Å². The number of halogens is 1. The molecule has 0 bridgehead atoms. The molecule has 2 aromatic carbocycles. The number of thiophene rings is 1. The molecule has 0 aliphatic rings. The number of aryl methyl sites for hydroxylation is 1. The fourth-order valence-corrected chi connectivity index (χ4v) is 3.96. The number of nitrogens with one attached hydrogen (secondary N) is 2. The Hall–Kier alpha value is -3.49. The van der Waals surface area contributed by atoms with Crippen LogP contribution in [0.1, 0.15) is 20.2 Å². The Morgan fingerprint density at radius 1 is 0.933 bits per heavy atom. The minimum Gasteiger partial charge on any atom is -0.267 e. The first kappa shape index (κ1) is 19.8. The zero-order valence-electron chi connectivity index (χ0n) is 15.7. The Kier molecular flexibility index (Phi) is 5.35. The molecule has 0 saturated heterocycles. The molecule has 0 atom stereocenters. The molecule has 150 valence electrons. The van der Waals surface area contributed by atoms with Crippen molar-refractivity contribution in [2.75, 3.05) is 0 Å². The number of fused-ring (bicyclic) bond motifs is 1. The summed E-state index contributed by atoms with van der Waals surface area (Å²) in [5.74, 6) is -1.08. The van der Waals surface area contributed by atoms with Gasteiger partial charge in [-0.15, -0.1) is 11.3 Å². The van der Waals surface area contributed by atoms with E-state index in [4.69, 9.17) is 11.6 Å². The number of carbonyl (C=O) groups is 2. The van der Waals surface area contributed by atoms with Gasteiger partial charge in [0.25, 0.3) is 17.4 Å². The van der Waals surface area contributed by atoms with Crippen LogP contribution in [0, 0.1) is 0 Å². The van der Waals surface area contributed by atoms with Gasteiger partial charge >= 0.3 is 0 Å². The lowest BCUT2D eigenvalue weighted by molar-refractivity contribution is 0.0846. The SMILES string of the molecule is Cn1nc(C(=O)NNC(=O)c2ccc(-c3ccc(Cl)cc3)s2)c2ccccc2c1=O. The summed E-state index contributed by atoms with van der Waals surface area (Å²) in [6.07, 6.45) is 0. The first-order chi connectivity index (χ1) is 14.4. The van der Waals surface area contributed by atoms with Crippen LogP contribution >= 0.6 is 22.9 Å². The Morgan fingerprint density at radius 3 is 2.33 bits per heavy atom. The zero-order chi connectivity index (χ0) is 21.3. The Morgan fingerprint density at radius 2 is 1.60 bits per heavy atom. The lowest BCUT2D eigenvalue weighted by atomic mass is 10.1. The molecule has 2 aromatic heterocycles. The highest BCUT2D eigenvalue weighted by atomic mass is 35.5. The number of carbonyl (C=O) groups excluding carboxylic acids is 2. The molecule has 2 amide bonds. The van der Waals surface area contributed by atoms with Crippen LogP contribution in [0.25, 0.3) is 21.2 Å². The van der Waals surface area contributed by atoms with Crippen LogP contribution in [0.5, 0.6) is 0 Å². The van der Waals surface area contributed by atoms with Gasteiger partial charge in [-0.2, -0.15) is 5.10 Å². The molecule has 30 heavy (non-hydrogen) atoms. The maximum Gasteiger partial charge on any atom is 0.290 e. The molecule has 2 heterocycles. The van der Waals surface area contributed by atoms with Crippen LogP contribution in [0.2, 0.25) is 5.02 Å². The number of rotatable bonds is 3. The molecule has 4 rings (SSSR count). The number of benzene rings is 2. The van der Waals surface area contributed by atoms with E-state index in [9.17, 15) is 14.4 Å². The summed E-state index contributed by atoms with van der Waals surface area (Å²) in [6.45, 7) is 0. The molecular formula is C21H15ClN4O3S. The third-order valence-electron chi connectivity index (χ3n) is 4.42. The third-order valence-corrected chi connectivity index (χ3v) is 5.80. The number of amides is 2. The predicted octanol–water partition coefficient (Wildman–Crippen LogP) is 3.39. The second-order valence-corrected chi connectivity index (χ2v) is 7.92. The van der Waals surface area contributed by atoms with Crippen molar-refractivity contribution in [3.05, 3.63) is 86.6 Å². The maximum atomic E-state index is 12.6. The zero-order valence-corrected chi connectivity index (χ0v) is 17.3. The molecule has 0 radical (unpaired) electrons. The standard InChI is InChI=1S/C21H15ClN4O3S/c1-26-21(29)15-5-3-2-4-14(15)18(25-26)20(28)24-23-19(27)17-11-10-16(30-17)12-6-8-13(22)9-7-12/h2-11H,1H3,(H,23,27)(H,24,28). The Balaban J connectivity index is 1.50. The summed E-state index contributed by atoms with van der Waals surface area (Å²) in [5.41, 5.74) is 5.43. The number of aromatic nitrogens is 2. The Labute approximate surface area is 179 Å². The van der Waals surface area contributed by atoms with Crippen molar-refractivity contribution in [2.45, 2.75) is 0 Å². The topological polar surface area (TPSA) is 93.1 Å². The van der Waals surface area contributed by atoms with Gasteiger partial charge in [-0.3, -0.25) is 25.2 Å². The van der Waals surface area contributed by atoms with Crippen molar-refractivity contribution in [3.63, 3.8) is 0 Å². The summed E-state index contributed by atoms with van der Waals surface area (Å²) in [6, 6.07) is 17.5. The first-order valence-electron chi connectivity index (χ1n) is 8.86. The average molecular weight is 439 g/mol. The number of hydrazine groups is 1. The maximum absolute atomic E-state index is 12.6. The first-order valence-corrected chi connectivity index (χ1v) is 10.1. The molecule has 4 aromatic rings. The van der Waals surface area contributed by atoms with Gasteiger partial charge in [0.1, 0.15) is 0 Å². The third kappa shape index (κ3) is 3.83. The van der Waals surface area contributed by atoms with Crippen molar-refractivity contribution < 1.29 is 9.59 Å². The highest BCUT2D eigenvalue weighted by Gasteiger charge is 2.17. The van der Waals surface area contributed by atoms with Gasteiger partial charge in [-0.25, -0.2) is 4.68 Å². The number of hydrogen-bond acceptors (Lipinski definition) is 5. The molecule has 0 spiro atoms. The molecular weight excluding hydrogens is 424 g/mol. The predicted molar refractivity (Wildman–Crippen MR) is 117 cm³/mol. The molecule has 7 nitrogen and oxygen atoms in total. The van der Waals surface area contributed by atoms with Gasteiger partial charge in [0, 0.05) is 22.3 Å². The van der Waals surface area contributed by atoms with E-state index in [-0.39, 0.29) is 11.3 Å². The van der Waals surface area contributed by atoms with Crippen molar-refractivity contribution in [2.24, 2.45) is 7.05 Å². The van der Waals surface area contributed by atoms with E-state index < -0.39 is 11.8 Å². The fourth-order valence-electron chi connectivity index (χ4n) is 2.93. The average Bonchev–Trinajstić information content (AvgIpc) is 3.25. The Bertz CT molecular complexity index is 1330. The summed E-state index contributed by atoms with van der Waals surface area (Å²) < 4.78 is 1.09. The molecule has 0 aliphatic carbocycles.